The highest BCUT2D eigenvalue weighted by Gasteiger charge is 2.90. The molecule has 0 spiro atoms. The molecule has 0 aromatic rings. The van der Waals surface area contributed by atoms with E-state index in [1.54, 1.807) is 0 Å². The highest BCUT2D eigenvalue weighted by atomic mass is 32.1. The fourth-order valence-corrected chi connectivity index (χ4v) is 1.42. The van der Waals surface area contributed by atoms with E-state index in [4.69, 9.17) is 0 Å². The highest BCUT2D eigenvalue weighted by molar-refractivity contribution is 7.80. The van der Waals surface area contributed by atoms with Crippen LogP contribution in [0.5, 0.6) is 0 Å². The summed E-state index contributed by atoms with van der Waals surface area (Å²) in [5.74, 6) is -36.9. The van der Waals surface area contributed by atoms with E-state index in [9.17, 15) is 57.1 Å². The first-order chi connectivity index (χ1) is 9.81. The summed E-state index contributed by atoms with van der Waals surface area (Å²) in [5, 5.41) is 0. The minimum absolute atomic E-state index is 0.591. The Labute approximate surface area is 125 Å². The molecule has 0 atom stereocenters. The molecule has 0 fully saturated rings. The van der Waals surface area contributed by atoms with Gasteiger partial charge < -0.3 is 0 Å². The first kappa shape index (κ1) is 22.4. The van der Waals surface area contributed by atoms with Gasteiger partial charge in [-0.1, -0.05) is 0 Å². The zero-order valence-electron chi connectivity index (χ0n) is 10.5. The van der Waals surface area contributed by atoms with Crippen molar-refractivity contribution in [3.8, 4) is 0 Å². The molecule has 0 aliphatic carbocycles. The Morgan fingerprint density at radius 3 is 1.17 bits per heavy atom. The standard InChI is InChI=1S/C9H7F13S/c10-4(11,2-1-3-23)5(12,13)6(14,15)7(16,17)8(18,19)9(20,21)22/h23H,1-3H2. The molecule has 0 unspecified atom stereocenters. The van der Waals surface area contributed by atoms with Crippen LogP contribution in [0.4, 0.5) is 57.1 Å². The topological polar surface area (TPSA) is 0 Å². The number of thiol groups is 1. The van der Waals surface area contributed by atoms with E-state index in [-0.39, 0.29) is 0 Å². The zero-order chi connectivity index (χ0) is 19.1. The molecule has 0 heterocycles. The molecular formula is C9H7F13S. The summed E-state index contributed by atoms with van der Waals surface area (Å²) in [6.07, 6.45) is -10.6. The monoisotopic (exact) mass is 394 g/mol. The summed E-state index contributed by atoms with van der Waals surface area (Å²) in [4.78, 5) is 0. The molecule has 0 N–H and O–H groups in total. The van der Waals surface area contributed by atoms with Gasteiger partial charge in [0.2, 0.25) is 0 Å². The summed E-state index contributed by atoms with van der Waals surface area (Å²) in [5.41, 5.74) is 0. The normalized spacial score (nSPS) is 15.9. The van der Waals surface area contributed by atoms with Crippen LogP contribution < -0.4 is 0 Å². The average molecular weight is 394 g/mol. The smallest absolute Gasteiger partial charge is 0.200 e. The van der Waals surface area contributed by atoms with E-state index >= 15 is 0 Å². The predicted molar refractivity (Wildman–Crippen MR) is 53.9 cm³/mol. The Morgan fingerprint density at radius 2 is 0.870 bits per heavy atom. The van der Waals surface area contributed by atoms with Crippen molar-refractivity contribution < 1.29 is 57.1 Å². The molecule has 0 aromatic carbocycles. The Kier molecular flexibility index (Phi) is 5.91. The van der Waals surface area contributed by atoms with Crippen LogP contribution in [-0.2, 0) is 0 Å². The third kappa shape index (κ3) is 3.31. The predicted octanol–water partition coefficient (Wildman–Crippen LogP) is 5.44. The van der Waals surface area contributed by atoms with Crippen molar-refractivity contribution in [2.24, 2.45) is 0 Å². The summed E-state index contributed by atoms with van der Waals surface area (Å²) in [6.45, 7) is 0. The van der Waals surface area contributed by atoms with Gasteiger partial charge in [0, 0.05) is 6.42 Å². The summed E-state index contributed by atoms with van der Waals surface area (Å²) in [6, 6.07) is 0. The van der Waals surface area contributed by atoms with Crippen LogP contribution in [0.15, 0.2) is 0 Å². The third-order valence-electron chi connectivity index (χ3n) is 2.65. The fourth-order valence-electron chi connectivity index (χ4n) is 1.26. The molecule has 140 valence electrons. The minimum Gasteiger partial charge on any atom is -0.200 e. The SMILES string of the molecule is FC(F)(F)C(F)(F)C(F)(F)C(F)(F)C(F)(F)C(F)(F)CCCS. The molecule has 0 saturated heterocycles. The van der Waals surface area contributed by atoms with E-state index < -0.39 is 54.4 Å². The molecule has 0 radical (unpaired) electrons. The van der Waals surface area contributed by atoms with Gasteiger partial charge in [0.05, 0.1) is 0 Å². The highest BCUT2D eigenvalue weighted by Crippen LogP contribution is 2.60. The van der Waals surface area contributed by atoms with Crippen LogP contribution in [0.3, 0.4) is 0 Å². The second kappa shape index (κ2) is 6.06. The largest absolute Gasteiger partial charge is 0.460 e. The lowest BCUT2D eigenvalue weighted by molar-refractivity contribution is -0.440. The van der Waals surface area contributed by atoms with Crippen molar-refractivity contribution in [1.82, 2.24) is 0 Å². The first-order valence-electron chi connectivity index (χ1n) is 5.38. The van der Waals surface area contributed by atoms with Crippen molar-refractivity contribution in [1.29, 1.82) is 0 Å². The molecule has 0 aromatic heterocycles. The zero-order valence-corrected chi connectivity index (χ0v) is 11.4. The lowest BCUT2D eigenvalue weighted by atomic mass is 9.92. The van der Waals surface area contributed by atoms with E-state index in [0.29, 0.717) is 0 Å². The third-order valence-corrected chi connectivity index (χ3v) is 2.96. The van der Waals surface area contributed by atoms with E-state index in [2.05, 4.69) is 12.6 Å². The molecule has 0 rings (SSSR count). The van der Waals surface area contributed by atoms with Gasteiger partial charge >= 0.3 is 35.8 Å². The maximum Gasteiger partial charge on any atom is 0.460 e. The Morgan fingerprint density at radius 1 is 0.522 bits per heavy atom. The molecule has 0 amide bonds. The number of rotatable bonds is 7. The van der Waals surface area contributed by atoms with Crippen molar-refractivity contribution in [3.05, 3.63) is 0 Å². The number of hydrogen-bond donors (Lipinski definition) is 1. The van der Waals surface area contributed by atoms with Crippen molar-refractivity contribution in [2.45, 2.75) is 48.6 Å². The quantitative estimate of drug-likeness (QED) is 0.432. The Balaban J connectivity index is 6.03. The van der Waals surface area contributed by atoms with Crippen molar-refractivity contribution in [2.75, 3.05) is 5.75 Å². The van der Waals surface area contributed by atoms with Gasteiger partial charge in [-0.25, -0.2) is 0 Å². The molecule has 0 nitrogen and oxygen atoms in total. The van der Waals surface area contributed by atoms with Crippen LogP contribution in [0.1, 0.15) is 12.8 Å². The van der Waals surface area contributed by atoms with Gasteiger partial charge in [0.1, 0.15) is 0 Å². The molecule has 0 saturated carbocycles. The molecule has 0 aliphatic heterocycles. The first-order valence-corrected chi connectivity index (χ1v) is 6.01. The molecular weight excluding hydrogens is 387 g/mol. The maximum absolute atomic E-state index is 13.0. The molecule has 0 aliphatic rings. The lowest BCUT2D eigenvalue weighted by Crippen LogP contribution is -2.70. The molecule has 23 heavy (non-hydrogen) atoms. The van der Waals surface area contributed by atoms with Gasteiger partial charge in [-0.2, -0.15) is 69.7 Å². The maximum atomic E-state index is 13.0. The molecule has 14 heteroatoms. The summed E-state index contributed by atoms with van der Waals surface area (Å²) in [7, 11) is 0. The van der Waals surface area contributed by atoms with Crippen LogP contribution in [-0.4, -0.2) is 41.5 Å². The Bertz CT molecular complexity index is 410. The number of hydrogen-bond acceptors (Lipinski definition) is 1. The second-order valence-electron chi connectivity index (χ2n) is 4.33. The van der Waals surface area contributed by atoms with Crippen LogP contribution >= 0.6 is 12.6 Å². The minimum atomic E-state index is -7.83. The van der Waals surface area contributed by atoms with Gasteiger partial charge in [0.15, 0.2) is 0 Å². The summed E-state index contributed by atoms with van der Waals surface area (Å²) < 4.78 is 164. The van der Waals surface area contributed by atoms with Gasteiger partial charge in [0.25, 0.3) is 0 Å². The second-order valence-corrected chi connectivity index (χ2v) is 4.77. The van der Waals surface area contributed by atoms with Crippen molar-refractivity contribution >= 4 is 12.6 Å². The van der Waals surface area contributed by atoms with Gasteiger partial charge in [-0.05, 0) is 12.2 Å². The van der Waals surface area contributed by atoms with E-state index in [1.807, 2.05) is 0 Å². The molecule has 0 bridgehead atoms. The van der Waals surface area contributed by atoms with Crippen LogP contribution in [0, 0.1) is 0 Å². The van der Waals surface area contributed by atoms with E-state index in [0.717, 1.165) is 0 Å². The average Bonchev–Trinajstić information content (AvgIpc) is 2.34. The Hall–Kier alpha value is -0.560. The number of halogens is 13. The summed E-state index contributed by atoms with van der Waals surface area (Å²) >= 11 is 3.26. The van der Waals surface area contributed by atoms with Gasteiger partial charge in [-0.15, -0.1) is 0 Å². The van der Waals surface area contributed by atoms with Crippen LogP contribution in [0.2, 0.25) is 0 Å². The lowest BCUT2D eigenvalue weighted by Gasteiger charge is -2.39. The number of alkyl halides is 13. The fraction of sp³-hybridized carbons (Fsp3) is 1.00. The van der Waals surface area contributed by atoms with E-state index in [1.165, 1.54) is 0 Å². The van der Waals surface area contributed by atoms with Crippen LogP contribution in [0.25, 0.3) is 0 Å². The van der Waals surface area contributed by atoms with Gasteiger partial charge in [-0.3, -0.25) is 0 Å². The van der Waals surface area contributed by atoms with Crippen molar-refractivity contribution in [3.63, 3.8) is 0 Å².